The molecule has 0 saturated heterocycles. The summed E-state index contributed by atoms with van der Waals surface area (Å²) in [6.45, 7) is 4.00. The highest BCUT2D eigenvalue weighted by atomic mass is 16.5. The third-order valence-electron chi connectivity index (χ3n) is 0.486. The lowest BCUT2D eigenvalue weighted by Gasteiger charge is -1.94. The average molecular weight is 115 g/mol. The number of hydrogen-bond acceptors (Lipinski definition) is 2. The molecule has 1 aliphatic heterocycles. The Kier molecular flexibility index (Phi) is 5.38. The van der Waals surface area contributed by atoms with Crippen molar-refractivity contribution in [3.8, 4) is 0 Å². The maximum Gasteiger partial charge on any atom is 0.106 e. The van der Waals surface area contributed by atoms with Crippen LogP contribution in [0.25, 0.3) is 0 Å². The first-order valence-electron chi connectivity index (χ1n) is 2.72. The lowest BCUT2D eigenvalue weighted by Crippen LogP contribution is -1.94. The fourth-order valence-corrected chi connectivity index (χ4v) is 0.258. The summed E-state index contributed by atoms with van der Waals surface area (Å²) in [5, 5.41) is 2.80. The molecule has 0 aromatic rings. The number of rotatable bonds is 0. The van der Waals surface area contributed by atoms with Crippen molar-refractivity contribution in [3.05, 3.63) is 24.9 Å². The lowest BCUT2D eigenvalue weighted by molar-refractivity contribution is 0.390. The Balaban J connectivity index is 0. The zero-order valence-electron chi connectivity index (χ0n) is 5.22. The van der Waals surface area contributed by atoms with Gasteiger partial charge in [-0.25, -0.2) is 0 Å². The van der Waals surface area contributed by atoms with Gasteiger partial charge in [-0.05, 0) is 0 Å². The number of nitrogens with one attached hydrogen (secondary N) is 1. The second-order valence-corrected chi connectivity index (χ2v) is 0.908. The van der Waals surface area contributed by atoms with Gasteiger partial charge in [0.05, 0.1) is 0 Å². The molecule has 0 amide bonds. The van der Waals surface area contributed by atoms with Crippen LogP contribution in [-0.2, 0) is 4.74 Å². The third-order valence-corrected chi connectivity index (χ3v) is 0.486. The quantitative estimate of drug-likeness (QED) is 0.520. The molecule has 1 heterocycles. The smallest absolute Gasteiger partial charge is 0.106 e. The van der Waals surface area contributed by atoms with Gasteiger partial charge in [0, 0.05) is 13.8 Å². The minimum Gasteiger partial charge on any atom is -0.470 e. The molecule has 1 aliphatic rings. The summed E-state index contributed by atoms with van der Waals surface area (Å²) in [6.07, 6.45) is 6.56. The second kappa shape index (κ2) is 6.08. The molecule has 2 nitrogen and oxygen atoms in total. The van der Waals surface area contributed by atoms with E-state index in [4.69, 9.17) is 0 Å². The maximum atomic E-state index is 4.65. The molecule has 0 aromatic heterocycles. The van der Waals surface area contributed by atoms with E-state index in [9.17, 15) is 0 Å². The normalized spacial score (nSPS) is 12.8. The van der Waals surface area contributed by atoms with Crippen LogP contribution >= 0.6 is 0 Å². The summed E-state index contributed by atoms with van der Waals surface area (Å²) in [4.78, 5) is 0. The molecule has 0 spiro atoms. The summed E-state index contributed by atoms with van der Waals surface area (Å²) in [5.41, 5.74) is 0. The first-order chi connectivity index (χ1) is 4.00. The van der Waals surface area contributed by atoms with Crippen LogP contribution in [0.3, 0.4) is 0 Å². The first-order valence-corrected chi connectivity index (χ1v) is 2.72. The van der Waals surface area contributed by atoms with E-state index < -0.39 is 0 Å². The number of hydrogen-bond donors (Lipinski definition) is 1. The summed E-state index contributed by atoms with van der Waals surface area (Å²) in [6, 6.07) is 0. The van der Waals surface area contributed by atoms with Crippen molar-refractivity contribution < 1.29 is 6.16 Å². The van der Waals surface area contributed by atoms with Crippen molar-refractivity contribution in [1.29, 1.82) is 0 Å². The van der Waals surface area contributed by atoms with Crippen molar-refractivity contribution in [2.24, 2.45) is 0 Å². The molecular formula is C6H13NO. The van der Waals surface area contributed by atoms with Crippen molar-refractivity contribution in [1.82, 2.24) is 5.32 Å². The van der Waals surface area contributed by atoms with Gasteiger partial charge in [0.1, 0.15) is 12.5 Å². The van der Waals surface area contributed by atoms with Crippen LogP contribution in [0, 0.1) is 0 Å². The fraction of sp³-hybridized carbons (Fsp3) is 0.333. The van der Waals surface area contributed by atoms with E-state index in [2.05, 4.69) is 10.1 Å². The zero-order chi connectivity index (χ0) is 6.24. The van der Waals surface area contributed by atoms with E-state index in [1.807, 2.05) is 13.8 Å². The highest BCUT2D eigenvalue weighted by molar-refractivity contribution is 4.87. The SMILES string of the molecule is C1=COC=CN1.CC.[HH]. The lowest BCUT2D eigenvalue weighted by atomic mass is 10.8. The van der Waals surface area contributed by atoms with Crippen LogP contribution in [0.5, 0.6) is 0 Å². The summed E-state index contributed by atoms with van der Waals surface area (Å²) >= 11 is 0. The molecule has 0 bridgehead atoms. The molecule has 0 atom stereocenters. The van der Waals surface area contributed by atoms with E-state index in [1.165, 1.54) is 0 Å². The Morgan fingerprint density at radius 3 is 1.88 bits per heavy atom. The van der Waals surface area contributed by atoms with E-state index in [0.29, 0.717) is 0 Å². The Morgan fingerprint density at radius 2 is 1.75 bits per heavy atom. The maximum absolute atomic E-state index is 4.65. The molecule has 0 aromatic carbocycles. The van der Waals surface area contributed by atoms with E-state index in [-0.39, 0.29) is 1.43 Å². The summed E-state index contributed by atoms with van der Waals surface area (Å²) < 4.78 is 4.65. The van der Waals surface area contributed by atoms with Crippen LogP contribution in [-0.4, -0.2) is 0 Å². The summed E-state index contributed by atoms with van der Waals surface area (Å²) in [7, 11) is 0. The monoisotopic (exact) mass is 115 g/mol. The average Bonchev–Trinajstić information content (AvgIpc) is 1.96. The molecule has 1 rings (SSSR count). The van der Waals surface area contributed by atoms with Gasteiger partial charge in [-0.15, -0.1) is 0 Å². The summed E-state index contributed by atoms with van der Waals surface area (Å²) in [5.74, 6) is 0. The van der Waals surface area contributed by atoms with Gasteiger partial charge in [-0.1, -0.05) is 13.8 Å². The predicted molar refractivity (Wildman–Crippen MR) is 36.0 cm³/mol. The molecule has 0 radical (unpaired) electrons. The minimum absolute atomic E-state index is 0. The Bertz CT molecular complexity index is 71.1. The fourth-order valence-electron chi connectivity index (χ4n) is 0.258. The van der Waals surface area contributed by atoms with E-state index >= 15 is 0 Å². The van der Waals surface area contributed by atoms with Gasteiger partial charge >= 0.3 is 0 Å². The molecule has 48 valence electrons. The van der Waals surface area contributed by atoms with Crippen LogP contribution < -0.4 is 5.32 Å². The van der Waals surface area contributed by atoms with E-state index in [1.54, 1.807) is 24.9 Å². The molecule has 1 N–H and O–H groups in total. The van der Waals surface area contributed by atoms with Crippen molar-refractivity contribution in [2.75, 3.05) is 0 Å². The number of ether oxygens (including phenoxy) is 1. The standard InChI is InChI=1S/C4H5NO.C2H6.H2/c1-3-6-4-2-5-1;1-2;/h1-5H;1-2H3;1H. The molecule has 0 unspecified atom stereocenters. The van der Waals surface area contributed by atoms with Crippen LogP contribution in [0.15, 0.2) is 24.9 Å². The van der Waals surface area contributed by atoms with E-state index in [0.717, 1.165) is 0 Å². The minimum atomic E-state index is 0. The largest absolute Gasteiger partial charge is 0.470 e. The highest BCUT2D eigenvalue weighted by Gasteiger charge is 1.72. The second-order valence-electron chi connectivity index (χ2n) is 0.908. The van der Waals surface area contributed by atoms with Crippen LogP contribution in [0.4, 0.5) is 0 Å². The van der Waals surface area contributed by atoms with Gasteiger partial charge in [0.25, 0.3) is 0 Å². The van der Waals surface area contributed by atoms with Crippen LogP contribution in [0.2, 0.25) is 0 Å². The van der Waals surface area contributed by atoms with Gasteiger partial charge < -0.3 is 10.1 Å². The zero-order valence-corrected chi connectivity index (χ0v) is 5.22. The van der Waals surface area contributed by atoms with Gasteiger partial charge in [0.2, 0.25) is 0 Å². The molecular weight excluding hydrogens is 102 g/mol. The topological polar surface area (TPSA) is 21.3 Å². The van der Waals surface area contributed by atoms with Gasteiger partial charge in [-0.3, -0.25) is 0 Å². The highest BCUT2D eigenvalue weighted by Crippen LogP contribution is 1.81. The Labute approximate surface area is 51.3 Å². The van der Waals surface area contributed by atoms with Gasteiger partial charge in [0.15, 0.2) is 0 Å². The van der Waals surface area contributed by atoms with Crippen molar-refractivity contribution in [3.63, 3.8) is 0 Å². The molecule has 0 aliphatic carbocycles. The molecule has 0 fully saturated rings. The van der Waals surface area contributed by atoms with Crippen molar-refractivity contribution >= 4 is 0 Å². The van der Waals surface area contributed by atoms with Crippen LogP contribution in [0.1, 0.15) is 15.3 Å². The molecule has 8 heavy (non-hydrogen) atoms. The first kappa shape index (κ1) is 7.08. The molecule has 2 heteroatoms. The Morgan fingerprint density at radius 1 is 1.25 bits per heavy atom. The third kappa shape index (κ3) is 3.28. The Hall–Kier alpha value is -0.920. The predicted octanol–water partition coefficient (Wildman–Crippen LogP) is 1.82. The van der Waals surface area contributed by atoms with Gasteiger partial charge in [-0.2, -0.15) is 0 Å². The molecule has 0 saturated carbocycles. The van der Waals surface area contributed by atoms with Crippen molar-refractivity contribution in [2.45, 2.75) is 13.8 Å².